The third kappa shape index (κ3) is 4.88. The maximum atomic E-state index is 10.2. The molecule has 1 rings (SSSR count). The molecule has 0 saturated heterocycles. The number of carboxylic acids is 1. The molecule has 0 aliphatic heterocycles. The molecule has 1 N–H and O–H groups in total. The van der Waals surface area contributed by atoms with Gasteiger partial charge in [-0.3, -0.25) is 4.79 Å². The van der Waals surface area contributed by atoms with Crippen LogP contribution in [-0.2, 0) is 9.59 Å². The van der Waals surface area contributed by atoms with Crippen LogP contribution in [0.15, 0.2) is 0 Å². The van der Waals surface area contributed by atoms with Crippen LogP contribution in [0.4, 0.5) is 0 Å². The van der Waals surface area contributed by atoms with Gasteiger partial charge in [-0.25, -0.2) is 0 Å². The van der Waals surface area contributed by atoms with E-state index in [0.717, 1.165) is 32.0 Å². The number of carbonyl (C=O) groups is 2. The summed E-state index contributed by atoms with van der Waals surface area (Å²) in [6.45, 7) is 1.81. The molecule has 1 aliphatic carbocycles. The first-order valence-corrected chi connectivity index (χ1v) is 4.38. The van der Waals surface area contributed by atoms with E-state index in [2.05, 4.69) is 0 Å². The van der Waals surface area contributed by atoms with Gasteiger partial charge in [0.15, 0.2) is 0 Å². The molecule has 1 fully saturated rings. The van der Waals surface area contributed by atoms with E-state index in [0.29, 0.717) is 6.42 Å². The van der Waals surface area contributed by atoms with E-state index >= 15 is 0 Å². The number of aldehydes is 1. The number of hydrogen-bond acceptors (Lipinski definition) is 2. The van der Waals surface area contributed by atoms with E-state index in [9.17, 15) is 9.59 Å². The Hall–Kier alpha value is -0.860. The van der Waals surface area contributed by atoms with Crippen molar-refractivity contribution in [2.45, 2.75) is 39.0 Å². The zero-order chi connectivity index (χ0) is 9.40. The second-order valence-corrected chi connectivity index (χ2v) is 2.89. The smallest absolute Gasteiger partial charge is 0.306 e. The van der Waals surface area contributed by atoms with Crippen LogP contribution in [-0.4, -0.2) is 17.4 Å². The minimum atomic E-state index is -0.609. The fourth-order valence-corrected chi connectivity index (χ4v) is 1.17. The third-order valence-corrected chi connectivity index (χ3v) is 1.87. The van der Waals surface area contributed by atoms with Gasteiger partial charge in [-0.1, -0.05) is 19.8 Å². The Morgan fingerprint density at radius 3 is 2.08 bits per heavy atom. The van der Waals surface area contributed by atoms with Gasteiger partial charge in [0.2, 0.25) is 0 Å². The van der Waals surface area contributed by atoms with Crippen molar-refractivity contribution in [3.05, 3.63) is 0 Å². The monoisotopic (exact) mass is 172 g/mol. The molecule has 0 aromatic heterocycles. The Morgan fingerprint density at radius 2 is 1.92 bits per heavy atom. The molecule has 3 nitrogen and oxygen atoms in total. The average Bonchev–Trinajstić information content (AvgIpc) is 2.57. The van der Waals surface area contributed by atoms with Crippen LogP contribution in [0.5, 0.6) is 0 Å². The maximum absolute atomic E-state index is 10.2. The van der Waals surface area contributed by atoms with E-state index < -0.39 is 5.97 Å². The standard InChI is InChI=1S/C6H10O2.C3H6O/c7-6(8)5-3-1-2-4-5;1-2-3-4/h5H,1-4H2,(H,7,8);3H,2H2,1H3. The van der Waals surface area contributed by atoms with Gasteiger partial charge in [0.25, 0.3) is 0 Å². The summed E-state index contributed by atoms with van der Waals surface area (Å²) in [5, 5.41) is 8.41. The molecule has 0 aromatic rings. The van der Waals surface area contributed by atoms with E-state index in [4.69, 9.17) is 5.11 Å². The zero-order valence-corrected chi connectivity index (χ0v) is 7.45. The topological polar surface area (TPSA) is 54.4 Å². The van der Waals surface area contributed by atoms with Gasteiger partial charge in [0.05, 0.1) is 5.92 Å². The van der Waals surface area contributed by atoms with Crippen LogP contribution in [0.3, 0.4) is 0 Å². The molecule has 0 radical (unpaired) electrons. The number of carboxylic acid groups (broad SMARTS) is 1. The largest absolute Gasteiger partial charge is 0.481 e. The molecule has 0 atom stereocenters. The molecule has 1 saturated carbocycles. The van der Waals surface area contributed by atoms with Gasteiger partial charge in [-0.05, 0) is 12.8 Å². The van der Waals surface area contributed by atoms with Gasteiger partial charge >= 0.3 is 5.97 Å². The first-order valence-electron chi connectivity index (χ1n) is 4.38. The predicted molar refractivity (Wildman–Crippen MR) is 45.9 cm³/mol. The fourth-order valence-electron chi connectivity index (χ4n) is 1.17. The molecule has 0 aromatic carbocycles. The Labute approximate surface area is 72.8 Å². The quantitative estimate of drug-likeness (QED) is 0.647. The SMILES string of the molecule is CCC=O.O=C(O)C1CCCC1. The number of rotatable bonds is 2. The molecule has 0 unspecified atom stereocenters. The number of carbonyl (C=O) groups excluding carboxylic acids is 1. The van der Waals surface area contributed by atoms with Gasteiger partial charge in [0.1, 0.15) is 6.29 Å². The van der Waals surface area contributed by atoms with Crippen LogP contribution >= 0.6 is 0 Å². The number of aliphatic carboxylic acids is 1. The summed E-state index contributed by atoms with van der Waals surface area (Å²) in [5.41, 5.74) is 0. The van der Waals surface area contributed by atoms with Crippen molar-refractivity contribution < 1.29 is 14.7 Å². The zero-order valence-electron chi connectivity index (χ0n) is 7.45. The lowest BCUT2D eigenvalue weighted by Crippen LogP contribution is -2.07. The van der Waals surface area contributed by atoms with Crippen molar-refractivity contribution in [3.8, 4) is 0 Å². The van der Waals surface area contributed by atoms with Crippen molar-refractivity contribution in [1.82, 2.24) is 0 Å². The summed E-state index contributed by atoms with van der Waals surface area (Å²) < 4.78 is 0. The van der Waals surface area contributed by atoms with E-state index in [1.165, 1.54) is 0 Å². The summed E-state index contributed by atoms with van der Waals surface area (Å²) >= 11 is 0. The molecule has 70 valence electrons. The minimum Gasteiger partial charge on any atom is -0.481 e. The summed E-state index contributed by atoms with van der Waals surface area (Å²) in [6.07, 6.45) is 5.53. The highest BCUT2D eigenvalue weighted by Gasteiger charge is 2.20. The number of hydrogen-bond donors (Lipinski definition) is 1. The molecular weight excluding hydrogens is 156 g/mol. The van der Waals surface area contributed by atoms with Crippen molar-refractivity contribution >= 4 is 12.3 Å². The van der Waals surface area contributed by atoms with Crippen molar-refractivity contribution in [3.63, 3.8) is 0 Å². The minimum absolute atomic E-state index is 0.0185. The van der Waals surface area contributed by atoms with Crippen LogP contribution in [0, 0.1) is 5.92 Å². The maximum Gasteiger partial charge on any atom is 0.306 e. The van der Waals surface area contributed by atoms with Gasteiger partial charge < -0.3 is 9.90 Å². The highest BCUT2D eigenvalue weighted by atomic mass is 16.4. The first kappa shape index (κ1) is 11.1. The predicted octanol–water partition coefficient (Wildman–Crippen LogP) is 1.86. The molecule has 3 heteroatoms. The lowest BCUT2D eigenvalue weighted by molar-refractivity contribution is -0.141. The molecule has 0 bridgehead atoms. The van der Waals surface area contributed by atoms with Gasteiger partial charge in [0, 0.05) is 6.42 Å². The molecule has 0 amide bonds. The Bertz CT molecular complexity index is 137. The van der Waals surface area contributed by atoms with Crippen LogP contribution in [0.1, 0.15) is 39.0 Å². The molecule has 0 heterocycles. The van der Waals surface area contributed by atoms with Gasteiger partial charge in [-0.2, -0.15) is 0 Å². The van der Waals surface area contributed by atoms with Crippen molar-refractivity contribution in [2.24, 2.45) is 5.92 Å². The van der Waals surface area contributed by atoms with Crippen LogP contribution < -0.4 is 0 Å². The highest BCUT2D eigenvalue weighted by molar-refractivity contribution is 5.70. The lowest BCUT2D eigenvalue weighted by Gasteiger charge is -1.97. The Kier molecular flexibility index (Phi) is 6.34. The van der Waals surface area contributed by atoms with Gasteiger partial charge in [-0.15, -0.1) is 0 Å². The molecule has 0 spiro atoms. The van der Waals surface area contributed by atoms with Crippen LogP contribution in [0.25, 0.3) is 0 Å². The molecular formula is C9H16O3. The Morgan fingerprint density at radius 1 is 1.50 bits per heavy atom. The second kappa shape index (κ2) is 6.83. The first-order chi connectivity index (χ1) is 5.72. The second-order valence-electron chi connectivity index (χ2n) is 2.89. The summed E-state index contributed by atoms with van der Waals surface area (Å²) in [5.74, 6) is -0.627. The van der Waals surface area contributed by atoms with Crippen LogP contribution in [0.2, 0.25) is 0 Å². The summed E-state index contributed by atoms with van der Waals surface area (Å²) in [6, 6.07) is 0. The summed E-state index contributed by atoms with van der Waals surface area (Å²) in [4.78, 5) is 19.4. The average molecular weight is 172 g/mol. The third-order valence-electron chi connectivity index (χ3n) is 1.87. The summed E-state index contributed by atoms with van der Waals surface area (Å²) in [7, 11) is 0. The van der Waals surface area contributed by atoms with Crippen molar-refractivity contribution in [2.75, 3.05) is 0 Å². The normalized spacial score (nSPS) is 16.4. The highest BCUT2D eigenvalue weighted by Crippen LogP contribution is 2.24. The Balaban J connectivity index is 0.000000261. The molecule has 12 heavy (non-hydrogen) atoms. The fraction of sp³-hybridized carbons (Fsp3) is 0.778. The van der Waals surface area contributed by atoms with E-state index in [1.807, 2.05) is 6.92 Å². The van der Waals surface area contributed by atoms with E-state index in [-0.39, 0.29) is 5.92 Å². The lowest BCUT2D eigenvalue weighted by atomic mass is 10.1. The molecule has 1 aliphatic rings. The van der Waals surface area contributed by atoms with E-state index in [1.54, 1.807) is 0 Å². The van der Waals surface area contributed by atoms with Crippen molar-refractivity contribution in [1.29, 1.82) is 0 Å².